The third kappa shape index (κ3) is 3.41. The number of nitrogens with zero attached hydrogens (tertiary/aromatic N) is 2. The monoisotopic (exact) mass is 311 g/mol. The van der Waals surface area contributed by atoms with E-state index in [4.69, 9.17) is 0 Å². The number of aryl methyl sites for hydroxylation is 1. The van der Waals surface area contributed by atoms with Gasteiger partial charge in [-0.2, -0.15) is 5.10 Å². The van der Waals surface area contributed by atoms with E-state index in [9.17, 15) is 12.8 Å². The van der Waals surface area contributed by atoms with Crippen LogP contribution in [0.5, 0.6) is 0 Å². The van der Waals surface area contributed by atoms with Gasteiger partial charge in [0.05, 0.1) is 11.4 Å². The Morgan fingerprint density at radius 1 is 1.29 bits per heavy atom. The third-order valence-electron chi connectivity index (χ3n) is 2.87. The van der Waals surface area contributed by atoms with Gasteiger partial charge in [-0.05, 0) is 18.2 Å². The highest BCUT2D eigenvalue weighted by Gasteiger charge is 2.29. The van der Waals surface area contributed by atoms with Crippen LogP contribution in [0.15, 0.2) is 35.4 Å². The van der Waals surface area contributed by atoms with Crippen molar-refractivity contribution in [1.82, 2.24) is 9.78 Å². The highest BCUT2D eigenvalue weighted by molar-refractivity contribution is 7.92. The van der Waals surface area contributed by atoms with E-state index in [1.165, 1.54) is 29.1 Å². The molecule has 0 aliphatic rings. The molecule has 0 saturated carbocycles. The Morgan fingerprint density at radius 3 is 2.52 bits per heavy atom. The lowest BCUT2D eigenvalue weighted by Gasteiger charge is -2.17. The number of anilines is 1. The van der Waals surface area contributed by atoms with Gasteiger partial charge >= 0.3 is 0 Å². The summed E-state index contributed by atoms with van der Waals surface area (Å²) in [6, 6.07) is 5.32. The molecule has 114 valence electrons. The van der Waals surface area contributed by atoms with Crippen molar-refractivity contribution >= 4 is 15.7 Å². The van der Waals surface area contributed by atoms with Crippen LogP contribution in [0, 0.1) is 5.82 Å². The van der Waals surface area contributed by atoms with Crippen LogP contribution in [-0.2, 0) is 22.5 Å². The minimum absolute atomic E-state index is 0.0989. The summed E-state index contributed by atoms with van der Waals surface area (Å²) in [5, 5.41) is 4.23. The lowest BCUT2D eigenvalue weighted by Crippen LogP contribution is -2.20. The topological polar surface area (TPSA) is 64.0 Å². The molecule has 0 unspecified atom stereocenters. The lowest BCUT2D eigenvalue weighted by molar-refractivity contribution is 0.539. The maximum Gasteiger partial charge on any atom is 0.265 e. The highest BCUT2D eigenvalue weighted by Crippen LogP contribution is 2.28. The van der Waals surface area contributed by atoms with Crippen molar-refractivity contribution in [3.8, 4) is 0 Å². The molecule has 5 nitrogen and oxygen atoms in total. The van der Waals surface area contributed by atoms with Crippen LogP contribution >= 0.6 is 0 Å². The fraction of sp³-hybridized carbons (Fsp3) is 0.357. The molecule has 1 heterocycles. The van der Waals surface area contributed by atoms with Gasteiger partial charge in [-0.25, -0.2) is 12.8 Å². The van der Waals surface area contributed by atoms with Gasteiger partial charge in [-0.15, -0.1) is 0 Å². The van der Waals surface area contributed by atoms with Gasteiger partial charge in [-0.1, -0.05) is 26.8 Å². The first-order valence-corrected chi connectivity index (χ1v) is 7.90. The summed E-state index contributed by atoms with van der Waals surface area (Å²) in [6.07, 6.45) is 1.45. The number of sulfonamides is 1. The number of nitrogens with one attached hydrogen (secondary N) is 1. The predicted molar refractivity (Wildman–Crippen MR) is 79.1 cm³/mol. The Bertz CT molecular complexity index is 761. The van der Waals surface area contributed by atoms with Crippen LogP contribution in [0.1, 0.15) is 26.5 Å². The molecule has 0 atom stereocenters. The Balaban J connectivity index is 2.45. The summed E-state index contributed by atoms with van der Waals surface area (Å²) < 4.78 is 42.0. The molecule has 1 aromatic carbocycles. The minimum Gasteiger partial charge on any atom is -0.279 e. The summed E-state index contributed by atoms with van der Waals surface area (Å²) in [5.74, 6) is -0.502. The van der Waals surface area contributed by atoms with Gasteiger partial charge in [0.1, 0.15) is 10.7 Å². The van der Waals surface area contributed by atoms with Gasteiger partial charge < -0.3 is 0 Å². The average Bonchev–Trinajstić information content (AvgIpc) is 2.71. The van der Waals surface area contributed by atoms with Gasteiger partial charge in [0.15, 0.2) is 0 Å². The van der Waals surface area contributed by atoms with Gasteiger partial charge in [0, 0.05) is 18.7 Å². The predicted octanol–water partition coefficient (Wildman–Crippen LogP) is 2.66. The number of halogens is 1. The maximum absolute atomic E-state index is 13.2. The largest absolute Gasteiger partial charge is 0.279 e. The standard InChI is InChI=1S/C14H18FN3O2S/c1-14(2,3)13-12(9-18(4)16-13)21(19,20)17-11-7-5-6-10(15)8-11/h5-9,17H,1-4H3. The van der Waals surface area contributed by atoms with E-state index in [1.807, 2.05) is 20.8 Å². The second-order valence-corrected chi connectivity index (χ2v) is 7.53. The van der Waals surface area contributed by atoms with E-state index in [2.05, 4.69) is 9.82 Å². The van der Waals surface area contributed by atoms with E-state index in [1.54, 1.807) is 7.05 Å². The van der Waals surface area contributed by atoms with E-state index in [0.717, 1.165) is 6.07 Å². The van der Waals surface area contributed by atoms with E-state index in [0.29, 0.717) is 5.69 Å². The van der Waals surface area contributed by atoms with Crippen LogP contribution < -0.4 is 4.72 Å². The fourth-order valence-corrected chi connectivity index (χ4v) is 3.39. The summed E-state index contributed by atoms with van der Waals surface area (Å²) in [7, 11) is -2.16. The van der Waals surface area contributed by atoms with Crippen LogP contribution in [-0.4, -0.2) is 18.2 Å². The molecule has 0 radical (unpaired) electrons. The lowest BCUT2D eigenvalue weighted by atomic mass is 9.92. The number of hydrogen-bond donors (Lipinski definition) is 1. The van der Waals surface area contributed by atoms with Crippen molar-refractivity contribution in [2.45, 2.75) is 31.1 Å². The van der Waals surface area contributed by atoms with Crippen molar-refractivity contribution in [3.63, 3.8) is 0 Å². The molecule has 21 heavy (non-hydrogen) atoms. The number of aromatic nitrogens is 2. The summed E-state index contributed by atoms with van der Waals surface area (Å²) in [5.41, 5.74) is 0.223. The zero-order valence-electron chi connectivity index (χ0n) is 12.4. The van der Waals surface area contributed by atoms with Crippen LogP contribution in [0.2, 0.25) is 0 Å². The average molecular weight is 311 g/mol. The zero-order chi connectivity index (χ0) is 15.8. The van der Waals surface area contributed by atoms with Crippen molar-refractivity contribution < 1.29 is 12.8 Å². The first-order chi connectivity index (χ1) is 9.59. The highest BCUT2D eigenvalue weighted by atomic mass is 32.2. The van der Waals surface area contributed by atoms with Gasteiger partial charge in [0.2, 0.25) is 0 Å². The van der Waals surface area contributed by atoms with Crippen molar-refractivity contribution in [2.24, 2.45) is 7.05 Å². The first-order valence-electron chi connectivity index (χ1n) is 6.42. The molecular weight excluding hydrogens is 293 g/mol. The fourth-order valence-electron chi connectivity index (χ4n) is 1.95. The molecule has 0 aliphatic heterocycles. The third-order valence-corrected chi connectivity index (χ3v) is 4.25. The molecule has 1 aromatic heterocycles. The summed E-state index contributed by atoms with van der Waals surface area (Å²) >= 11 is 0. The second kappa shape index (κ2) is 5.14. The van der Waals surface area contributed by atoms with Gasteiger partial charge in [0.25, 0.3) is 10.0 Å². The molecule has 0 aliphatic carbocycles. The smallest absolute Gasteiger partial charge is 0.265 e. The number of benzene rings is 1. The van der Waals surface area contributed by atoms with Crippen LogP contribution in [0.3, 0.4) is 0 Å². The molecule has 2 aromatic rings. The molecular formula is C14H18FN3O2S. The number of rotatable bonds is 3. The van der Waals surface area contributed by atoms with Crippen molar-refractivity contribution in [2.75, 3.05) is 4.72 Å². The quantitative estimate of drug-likeness (QED) is 0.948. The Kier molecular flexibility index (Phi) is 3.79. The molecule has 0 bridgehead atoms. The van der Waals surface area contributed by atoms with E-state index < -0.39 is 21.3 Å². The van der Waals surface area contributed by atoms with Crippen LogP contribution in [0.4, 0.5) is 10.1 Å². The molecule has 1 N–H and O–H groups in total. The summed E-state index contributed by atoms with van der Waals surface area (Å²) in [6.45, 7) is 5.66. The Morgan fingerprint density at radius 2 is 1.95 bits per heavy atom. The van der Waals surface area contributed by atoms with Crippen molar-refractivity contribution in [1.29, 1.82) is 0 Å². The zero-order valence-corrected chi connectivity index (χ0v) is 13.2. The first kappa shape index (κ1) is 15.5. The Labute approximate surface area is 123 Å². The van der Waals surface area contributed by atoms with E-state index in [-0.39, 0.29) is 10.6 Å². The van der Waals surface area contributed by atoms with Gasteiger partial charge in [-0.3, -0.25) is 9.40 Å². The summed E-state index contributed by atoms with van der Waals surface area (Å²) in [4.78, 5) is 0.0989. The molecule has 0 amide bonds. The molecule has 0 saturated heterocycles. The van der Waals surface area contributed by atoms with Crippen molar-refractivity contribution in [3.05, 3.63) is 42.0 Å². The number of hydrogen-bond acceptors (Lipinski definition) is 3. The molecule has 2 rings (SSSR count). The molecule has 0 fully saturated rings. The second-order valence-electron chi connectivity index (χ2n) is 5.88. The Hall–Kier alpha value is -1.89. The molecule has 7 heteroatoms. The SMILES string of the molecule is Cn1cc(S(=O)(=O)Nc2cccc(F)c2)c(C(C)(C)C)n1. The van der Waals surface area contributed by atoms with E-state index >= 15 is 0 Å². The molecule has 0 spiro atoms. The maximum atomic E-state index is 13.2. The van der Waals surface area contributed by atoms with Crippen LogP contribution in [0.25, 0.3) is 0 Å². The normalized spacial score (nSPS) is 12.4. The minimum atomic E-state index is -3.82.